The van der Waals surface area contributed by atoms with Crippen molar-refractivity contribution in [2.45, 2.75) is 13.3 Å². The highest BCUT2D eigenvalue weighted by Crippen LogP contribution is 2.32. The summed E-state index contributed by atoms with van der Waals surface area (Å²) in [6.45, 7) is 4.51. The maximum Gasteiger partial charge on any atom is 0.246 e. The number of hydrogen-bond donors (Lipinski definition) is 1. The van der Waals surface area contributed by atoms with Gasteiger partial charge in [0.1, 0.15) is 11.7 Å². The second kappa shape index (κ2) is 6.08. The molecule has 2 aromatic rings. The third-order valence-corrected chi connectivity index (χ3v) is 2.65. The quantitative estimate of drug-likeness (QED) is 0.794. The predicted octanol–water partition coefficient (Wildman–Crippen LogP) is 2.68. The number of nitriles is 1. The maximum absolute atomic E-state index is 9.02. The van der Waals surface area contributed by atoms with Crippen LogP contribution < -0.4 is 10.1 Å². The Hall–Kier alpha value is -1.99. The number of benzene rings is 1. The van der Waals surface area contributed by atoms with Gasteiger partial charge in [0.2, 0.25) is 5.76 Å². The van der Waals surface area contributed by atoms with Gasteiger partial charge in [-0.2, -0.15) is 5.26 Å². The molecule has 0 saturated carbocycles. The van der Waals surface area contributed by atoms with Gasteiger partial charge in [-0.3, -0.25) is 0 Å². The highest BCUT2D eigenvalue weighted by atomic mass is 16.5. The lowest BCUT2D eigenvalue weighted by Gasteiger charge is -2.04. The molecule has 0 amide bonds. The van der Waals surface area contributed by atoms with E-state index in [9.17, 15) is 0 Å². The van der Waals surface area contributed by atoms with E-state index in [0.717, 1.165) is 24.9 Å². The van der Waals surface area contributed by atoms with E-state index >= 15 is 0 Å². The molecule has 0 unspecified atom stereocenters. The molecule has 0 aliphatic heterocycles. The molecule has 0 bridgehead atoms. The van der Waals surface area contributed by atoms with E-state index < -0.39 is 0 Å². The number of fused-ring (bicyclic) bond motifs is 1. The van der Waals surface area contributed by atoms with Crippen LogP contribution in [-0.4, -0.2) is 19.7 Å². The molecule has 2 rings (SSSR count). The normalized spacial score (nSPS) is 10.4. The van der Waals surface area contributed by atoms with E-state index in [1.165, 1.54) is 0 Å². The summed E-state index contributed by atoms with van der Waals surface area (Å²) < 4.78 is 11.1. The number of furan rings is 1. The molecule has 0 fully saturated rings. The largest absolute Gasteiger partial charge is 0.488 e. The van der Waals surface area contributed by atoms with Crippen molar-refractivity contribution in [3.63, 3.8) is 0 Å². The van der Waals surface area contributed by atoms with Crippen LogP contribution in [0.15, 0.2) is 28.7 Å². The Labute approximate surface area is 106 Å². The molecule has 18 heavy (non-hydrogen) atoms. The minimum atomic E-state index is 0.250. The van der Waals surface area contributed by atoms with Crippen molar-refractivity contribution in [3.05, 3.63) is 30.0 Å². The van der Waals surface area contributed by atoms with Crippen molar-refractivity contribution < 1.29 is 9.15 Å². The van der Waals surface area contributed by atoms with Crippen LogP contribution in [0.1, 0.15) is 19.1 Å². The number of nitrogens with zero attached hydrogens (tertiary/aromatic N) is 1. The van der Waals surface area contributed by atoms with Gasteiger partial charge in [0.25, 0.3) is 0 Å². The Morgan fingerprint density at radius 1 is 1.39 bits per heavy atom. The molecule has 1 aromatic heterocycles. The van der Waals surface area contributed by atoms with Crippen LogP contribution in [0.25, 0.3) is 11.0 Å². The van der Waals surface area contributed by atoms with Gasteiger partial charge in [-0.1, -0.05) is 19.1 Å². The number of hydrogen-bond acceptors (Lipinski definition) is 4. The Kier molecular flexibility index (Phi) is 4.21. The van der Waals surface area contributed by atoms with Gasteiger partial charge < -0.3 is 14.5 Å². The molecule has 0 atom stereocenters. The van der Waals surface area contributed by atoms with Crippen LogP contribution in [-0.2, 0) is 0 Å². The third-order valence-electron chi connectivity index (χ3n) is 2.65. The van der Waals surface area contributed by atoms with Crippen LogP contribution >= 0.6 is 0 Å². The number of ether oxygens (including phenoxy) is 1. The molecule has 0 saturated heterocycles. The summed E-state index contributed by atoms with van der Waals surface area (Å²) in [4.78, 5) is 0. The topological polar surface area (TPSA) is 58.2 Å². The van der Waals surface area contributed by atoms with Gasteiger partial charge in [-0.15, -0.1) is 0 Å². The van der Waals surface area contributed by atoms with Gasteiger partial charge in [-0.05, 0) is 31.6 Å². The number of para-hydroxylation sites is 1. The molecule has 1 N–H and O–H groups in total. The second-order valence-electron chi connectivity index (χ2n) is 3.92. The minimum absolute atomic E-state index is 0.250. The Bertz CT molecular complexity index is 554. The fraction of sp³-hybridized carbons (Fsp3) is 0.357. The van der Waals surface area contributed by atoms with Crippen molar-refractivity contribution in [1.29, 1.82) is 5.26 Å². The van der Waals surface area contributed by atoms with Crippen molar-refractivity contribution in [3.8, 4) is 11.8 Å². The van der Waals surface area contributed by atoms with E-state index in [1.807, 2.05) is 30.3 Å². The number of nitrogens with one attached hydrogen (secondary N) is 1. The Morgan fingerprint density at radius 3 is 3.00 bits per heavy atom. The highest BCUT2D eigenvalue weighted by molar-refractivity contribution is 5.86. The smallest absolute Gasteiger partial charge is 0.246 e. The SMILES string of the molecule is CCNCCCOc1c(C#N)oc2ccccc12. The van der Waals surface area contributed by atoms with E-state index in [1.54, 1.807) is 0 Å². The summed E-state index contributed by atoms with van der Waals surface area (Å²) in [6, 6.07) is 9.55. The standard InChI is InChI=1S/C14H16N2O2/c1-2-16-8-5-9-17-14-11-6-3-4-7-12(11)18-13(14)10-15/h3-4,6-7,16H,2,5,8-9H2,1H3. The summed E-state index contributed by atoms with van der Waals surface area (Å²) in [6.07, 6.45) is 0.901. The first-order valence-electron chi connectivity index (χ1n) is 6.12. The van der Waals surface area contributed by atoms with Crippen LogP contribution in [0.2, 0.25) is 0 Å². The molecule has 0 aliphatic rings. The Balaban J connectivity index is 2.09. The minimum Gasteiger partial charge on any atom is -0.488 e. The van der Waals surface area contributed by atoms with E-state index in [2.05, 4.69) is 12.2 Å². The van der Waals surface area contributed by atoms with Crippen molar-refractivity contribution in [1.82, 2.24) is 5.32 Å². The molecule has 4 nitrogen and oxygen atoms in total. The Morgan fingerprint density at radius 2 is 2.22 bits per heavy atom. The first-order valence-corrected chi connectivity index (χ1v) is 6.12. The van der Waals surface area contributed by atoms with Crippen molar-refractivity contribution >= 4 is 11.0 Å². The second-order valence-corrected chi connectivity index (χ2v) is 3.92. The first-order chi connectivity index (χ1) is 8.86. The molecule has 1 heterocycles. The molecule has 0 radical (unpaired) electrons. The van der Waals surface area contributed by atoms with Gasteiger partial charge in [-0.25, -0.2) is 0 Å². The zero-order valence-corrected chi connectivity index (χ0v) is 10.4. The molecular formula is C14H16N2O2. The molecule has 94 valence electrons. The monoisotopic (exact) mass is 244 g/mol. The van der Waals surface area contributed by atoms with Gasteiger partial charge >= 0.3 is 0 Å². The molecule has 4 heteroatoms. The lowest BCUT2D eigenvalue weighted by molar-refractivity contribution is 0.306. The zero-order valence-electron chi connectivity index (χ0n) is 10.4. The van der Waals surface area contributed by atoms with Crippen molar-refractivity contribution in [2.24, 2.45) is 0 Å². The maximum atomic E-state index is 9.02. The predicted molar refractivity (Wildman–Crippen MR) is 69.6 cm³/mol. The lowest BCUT2D eigenvalue weighted by atomic mass is 10.2. The molecule has 0 spiro atoms. The van der Waals surface area contributed by atoms with Crippen LogP contribution in [0, 0.1) is 11.3 Å². The fourth-order valence-corrected chi connectivity index (χ4v) is 1.79. The van der Waals surface area contributed by atoms with Crippen LogP contribution in [0.5, 0.6) is 5.75 Å². The lowest BCUT2D eigenvalue weighted by Crippen LogP contribution is -2.16. The average Bonchev–Trinajstić information content (AvgIpc) is 2.77. The highest BCUT2D eigenvalue weighted by Gasteiger charge is 2.14. The fourth-order valence-electron chi connectivity index (χ4n) is 1.79. The van der Waals surface area contributed by atoms with Crippen molar-refractivity contribution in [2.75, 3.05) is 19.7 Å². The summed E-state index contributed by atoms with van der Waals surface area (Å²) in [7, 11) is 0. The molecule has 1 aromatic carbocycles. The van der Waals surface area contributed by atoms with E-state index in [0.29, 0.717) is 17.9 Å². The number of rotatable bonds is 6. The van der Waals surface area contributed by atoms with Crippen LogP contribution in [0.3, 0.4) is 0 Å². The third kappa shape index (κ3) is 2.63. The van der Waals surface area contributed by atoms with Gasteiger partial charge in [0.15, 0.2) is 5.75 Å². The van der Waals surface area contributed by atoms with Crippen LogP contribution in [0.4, 0.5) is 0 Å². The summed E-state index contributed by atoms with van der Waals surface area (Å²) in [5.74, 6) is 0.809. The van der Waals surface area contributed by atoms with E-state index in [4.69, 9.17) is 14.4 Å². The molecule has 0 aliphatic carbocycles. The van der Waals surface area contributed by atoms with Gasteiger partial charge in [0, 0.05) is 0 Å². The van der Waals surface area contributed by atoms with Gasteiger partial charge in [0.05, 0.1) is 12.0 Å². The summed E-state index contributed by atoms with van der Waals surface area (Å²) >= 11 is 0. The molecular weight excluding hydrogens is 228 g/mol. The summed E-state index contributed by atoms with van der Waals surface area (Å²) in [5, 5.41) is 13.1. The first kappa shape index (κ1) is 12.5. The average molecular weight is 244 g/mol. The summed E-state index contributed by atoms with van der Waals surface area (Å²) in [5.41, 5.74) is 0.690. The zero-order chi connectivity index (χ0) is 12.8. The van der Waals surface area contributed by atoms with E-state index in [-0.39, 0.29) is 5.76 Å².